The minimum absolute atomic E-state index is 0.0907. The van der Waals surface area contributed by atoms with Crippen molar-refractivity contribution in [3.8, 4) is 0 Å². The van der Waals surface area contributed by atoms with E-state index in [0.717, 1.165) is 30.6 Å². The maximum atomic E-state index is 10.1. The van der Waals surface area contributed by atoms with E-state index < -0.39 is 0 Å². The zero-order valence-corrected chi connectivity index (χ0v) is 13.1. The van der Waals surface area contributed by atoms with Crippen molar-refractivity contribution in [2.45, 2.75) is 38.8 Å². The van der Waals surface area contributed by atoms with Gasteiger partial charge >= 0.3 is 0 Å². The Morgan fingerprint density at radius 2 is 1.95 bits per heavy atom. The number of fused-ring (bicyclic) bond motifs is 1. The molecule has 0 bridgehead atoms. The summed E-state index contributed by atoms with van der Waals surface area (Å²) in [5, 5.41) is 16.1. The molecular formula is C12H20BrN5O. The van der Waals surface area contributed by atoms with E-state index in [1.54, 1.807) is 5.01 Å². The Kier molecular flexibility index (Phi) is 4.44. The summed E-state index contributed by atoms with van der Waals surface area (Å²) >= 11 is 3.42. The molecule has 0 aromatic heterocycles. The number of rotatable bonds is 4. The number of aliphatic imine (C=N–C) groups is 2. The highest BCUT2D eigenvalue weighted by molar-refractivity contribution is 9.18. The van der Waals surface area contributed by atoms with Gasteiger partial charge in [0.2, 0.25) is 11.9 Å². The van der Waals surface area contributed by atoms with Crippen molar-refractivity contribution in [2.75, 3.05) is 20.1 Å². The summed E-state index contributed by atoms with van der Waals surface area (Å²) in [5.74, 6) is 0.706. The number of aliphatic hydroxyl groups excluding tert-OH is 1. The average molecular weight is 330 g/mol. The largest absolute Gasteiger partial charge is 0.495 e. The molecule has 0 amide bonds. The second-order valence-corrected chi connectivity index (χ2v) is 5.58. The molecule has 2 unspecified atom stereocenters. The number of guanidine groups is 1. The lowest BCUT2D eigenvalue weighted by molar-refractivity contribution is 0.296. The number of halogens is 1. The van der Waals surface area contributed by atoms with Gasteiger partial charge in [0, 0.05) is 20.1 Å². The summed E-state index contributed by atoms with van der Waals surface area (Å²) in [4.78, 5) is 11.0. The van der Waals surface area contributed by atoms with E-state index in [-0.39, 0.29) is 18.0 Å². The number of likely N-dealkylation sites (N-methyl/N-ethyl adjacent to an activating group) is 1. The Hall–Kier alpha value is -1.11. The fourth-order valence-electron chi connectivity index (χ4n) is 2.36. The first-order chi connectivity index (χ1) is 9.08. The molecule has 2 heterocycles. The first kappa shape index (κ1) is 14.3. The fraction of sp³-hybridized carbons (Fsp3) is 0.750. The molecule has 0 aliphatic carbocycles. The summed E-state index contributed by atoms with van der Waals surface area (Å²) in [6.07, 6.45) is 2.05. The van der Waals surface area contributed by atoms with Crippen molar-refractivity contribution >= 4 is 32.4 Å². The Bertz CT molecular complexity index is 428. The highest BCUT2D eigenvalue weighted by Crippen LogP contribution is 2.25. The summed E-state index contributed by atoms with van der Waals surface area (Å²) in [6, 6.07) is -0.461. The third-order valence-corrected chi connectivity index (χ3v) is 3.83. The Balaban J connectivity index is 2.25. The topological polar surface area (TPSA) is 63.8 Å². The highest BCUT2D eigenvalue weighted by atomic mass is 79.9. The van der Waals surface area contributed by atoms with Crippen LogP contribution >= 0.6 is 15.9 Å². The van der Waals surface area contributed by atoms with E-state index in [2.05, 4.69) is 49.8 Å². The van der Waals surface area contributed by atoms with Crippen LogP contribution in [0.3, 0.4) is 0 Å². The first-order valence-corrected chi connectivity index (χ1v) is 7.44. The lowest BCUT2D eigenvalue weighted by Crippen LogP contribution is -2.46. The van der Waals surface area contributed by atoms with Crippen molar-refractivity contribution in [3.63, 3.8) is 0 Å². The van der Waals surface area contributed by atoms with Crippen molar-refractivity contribution in [1.29, 1.82) is 0 Å². The van der Waals surface area contributed by atoms with E-state index in [1.807, 2.05) is 7.05 Å². The zero-order chi connectivity index (χ0) is 14.0. The monoisotopic (exact) mass is 329 g/mol. The molecule has 0 spiro atoms. The van der Waals surface area contributed by atoms with Crippen molar-refractivity contribution < 1.29 is 5.11 Å². The second kappa shape index (κ2) is 5.90. The molecule has 106 valence electrons. The van der Waals surface area contributed by atoms with Gasteiger partial charge in [-0.15, -0.1) is 0 Å². The molecule has 2 aliphatic heterocycles. The fourth-order valence-corrected chi connectivity index (χ4v) is 2.97. The van der Waals surface area contributed by atoms with Crippen LogP contribution in [-0.2, 0) is 0 Å². The number of hydrogen-bond donors (Lipinski definition) is 1. The molecule has 0 aromatic carbocycles. The first-order valence-electron chi connectivity index (χ1n) is 6.65. The van der Waals surface area contributed by atoms with Crippen LogP contribution < -0.4 is 0 Å². The predicted molar refractivity (Wildman–Crippen MR) is 81.4 cm³/mol. The van der Waals surface area contributed by atoms with Crippen LogP contribution in [0.5, 0.6) is 0 Å². The summed E-state index contributed by atoms with van der Waals surface area (Å²) in [5.41, 5.74) is 0. The molecule has 0 aromatic rings. The number of hydrazone groups is 1. The molecule has 0 fully saturated rings. The van der Waals surface area contributed by atoms with Gasteiger partial charge in [-0.2, -0.15) is 10.1 Å². The van der Waals surface area contributed by atoms with Crippen LogP contribution in [0, 0.1) is 0 Å². The van der Waals surface area contributed by atoms with E-state index in [9.17, 15) is 5.11 Å². The molecule has 6 nitrogen and oxygen atoms in total. The van der Waals surface area contributed by atoms with Gasteiger partial charge in [0.05, 0.1) is 0 Å². The molecule has 0 radical (unpaired) electrons. The maximum absolute atomic E-state index is 10.1. The lowest BCUT2D eigenvalue weighted by Gasteiger charge is -2.29. The van der Waals surface area contributed by atoms with E-state index in [4.69, 9.17) is 0 Å². The molecule has 1 N–H and O–H groups in total. The zero-order valence-electron chi connectivity index (χ0n) is 11.5. The van der Waals surface area contributed by atoms with Gasteiger partial charge in [-0.1, -0.05) is 13.8 Å². The Morgan fingerprint density at radius 1 is 1.32 bits per heavy atom. The van der Waals surface area contributed by atoms with E-state index >= 15 is 0 Å². The smallest absolute Gasteiger partial charge is 0.224 e. The van der Waals surface area contributed by atoms with Crippen molar-refractivity contribution in [3.05, 3.63) is 0 Å². The van der Waals surface area contributed by atoms with Crippen molar-refractivity contribution in [1.82, 2.24) is 9.91 Å². The number of hydrogen-bond acceptors (Lipinski definition) is 5. The molecular weight excluding hydrogens is 310 g/mol. The van der Waals surface area contributed by atoms with Gasteiger partial charge in [-0.05, 0) is 28.8 Å². The minimum atomic E-state index is -0.275. The van der Waals surface area contributed by atoms with Gasteiger partial charge in [-0.3, -0.25) is 5.01 Å². The molecule has 19 heavy (non-hydrogen) atoms. The Morgan fingerprint density at radius 3 is 2.53 bits per heavy atom. The lowest BCUT2D eigenvalue weighted by atomic mass is 10.1. The Labute approximate surface area is 122 Å². The van der Waals surface area contributed by atoms with Gasteiger partial charge in [0.1, 0.15) is 10.7 Å². The third-order valence-electron chi connectivity index (χ3n) is 3.20. The summed E-state index contributed by atoms with van der Waals surface area (Å²) in [7, 11) is 1.81. The maximum Gasteiger partial charge on any atom is 0.224 e. The molecule has 2 rings (SSSR count). The summed E-state index contributed by atoms with van der Waals surface area (Å²) < 4.78 is 0.742. The van der Waals surface area contributed by atoms with Crippen molar-refractivity contribution in [2.24, 2.45) is 15.1 Å². The molecule has 7 heteroatoms. The van der Waals surface area contributed by atoms with Crippen LogP contribution in [0.25, 0.3) is 0 Å². The molecule has 2 atom stereocenters. The third kappa shape index (κ3) is 2.75. The number of aliphatic hydroxyl groups is 1. The van der Waals surface area contributed by atoms with Gasteiger partial charge in [-0.25, -0.2) is 4.99 Å². The molecule has 2 aliphatic rings. The van der Waals surface area contributed by atoms with Crippen LogP contribution in [0.4, 0.5) is 0 Å². The summed E-state index contributed by atoms with van der Waals surface area (Å²) in [6.45, 7) is 6.04. The van der Waals surface area contributed by atoms with Crippen LogP contribution in [0.1, 0.15) is 26.7 Å². The SMILES string of the molecule is CCCN(CCC)C1=NC2C(Br)=NN(C)C2C(O)=N1. The standard InChI is InChI=1S/C12H20BrN5O/c1-4-6-18(7-5-2)12-14-8-9(11(19)15-12)17(3)16-10(8)13/h8-9H,4-7H2,1-3H3,(H,14,15,19). The van der Waals surface area contributed by atoms with E-state index in [0.29, 0.717) is 5.96 Å². The highest BCUT2D eigenvalue weighted by Gasteiger charge is 2.41. The van der Waals surface area contributed by atoms with Gasteiger partial charge in [0.15, 0.2) is 6.04 Å². The van der Waals surface area contributed by atoms with Crippen LogP contribution in [0.15, 0.2) is 15.1 Å². The molecule has 0 saturated heterocycles. The number of nitrogens with zero attached hydrogens (tertiary/aromatic N) is 5. The van der Waals surface area contributed by atoms with Crippen LogP contribution in [0.2, 0.25) is 0 Å². The van der Waals surface area contributed by atoms with E-state index in [1.165, 1.54) is 0 Å². The molecule has 0 saturated carbocycles. The van der Waals surface area contributed by atoms with Gasteiger partial charge < -0.3 is 10.0 Å². The minimum Gasteiger partial charge on any atom is -0.495 e. The second-order valence-electron chi connectivity index (χ2n) is 4.77. The average Bonchev–Trinajstić information content (AvgIpc) is 2.65. The predicted octanol–water partition coefficient (Wildman–Crippen LogP) is 1.83. The van der Waals surface area contributed by atoms with Crippen LogP contribution in [-0.4, -0.2) is 63.7 Å². The van der Waals surface area contributed by atoms with Gasteiger partial charge in [0.25, 0.3) is 0 Å². The normalized spacial score (nSPS) is 25.7. The quantitative estimate of drug-likeness (QED) is 0.855.